The molecule has 22 nitrogen and oxygen atoms in total. The molecule has 0 radical (unpaired) electrons. The van der Waals surface area contributed by atoms with Gasteiger partial charge in [-0.2, -0.15) is 46.7 Å². The molecule has 4 heterocycles. The summed E-state index contributed by atoms with van der Waals surface area (Å²) >= 11 is 0. The van der Waals surface area contributed by atoms with Crippen LogP contribution < -0.4 is 41.4 Å². The maximum absolute atomic E-state index is 12.8. The zero-order valence-corrected chi connectivity index (χ0v) is 41.7. The summed E-state index contributed by atoms with van der Waals surface area (Å²) in [6.45, 7) is 17.8. The van der Waals surface area contributed by atoms with E-state index in [9.17, 15) is 25.9 Å². The fourth-order valence-electron chi connectivity index (χ4n) is 9.11. The Bertz CT molecular complexity index is 2470. The van der Waals surface area contributed by atoms with Crippen molar-refractivity contribution < 1.29 is 44.9 Å². The second kappa shape index (κ2) is 20.7. The Morgan fingerprint density at radius 2 is 0.897 bits per heavy atom. The largest absolute Gasteiger partial charge is 0.461 e. The molecule has 2 saturated heterocycles. The van der Waals surface area contributed by atoms with Crippen LogP contribution in [0.2, 0.25) is 0 Å². The van der Waals surface area contributed by atoms with Crippen LogP contribution in [-0.4, -0.2) is 131 Å². The van der Waals surface area contributed by atoms with E-state index in [2.05, 4.69) is 117 Å². The molecule has 2 aliphatic rings. The van der Waals surface area contributed by atoms with Crippen LogP contribution >= 0.6 is 0 Å². The monoisotopic (exact) mass is 984 g/mol. The van der Waals surface area contributed by atoms with Gasteiger partial charge >= 0.3 is 12.0 Å². The minimum Gasteiger partial charge on any atom is -0.461 e. The number of piperidine rings is 2. The zero-order chi connectivity index (χ0) is 49.7. The van der Waals surface area contributed by atoms with Crippen LogP contribution in [0.15, 0.2) is 46.2 Å². The summed E-state index contributed by atoms with van der Waals surface area (Å²) in [6.07, 6.45) is 5.66. The van der Waals surface area contributed by atoms with Gasteiger partial charge in [-0.25, -0.2) is 0 Å². The lowest BCUT2D eigenvalue weighted by molar-refractivity contribution is 0.140. The highest BCUT2D eigenvalue weighted by Gasteiger charge is 2.39. The number of anilines is 6. The summed E-state index contributed by atoms with van der Waals surface area (Å²) in [5.74, 6) is 0.499. The number of ether oxygens (including phenoxy) is 4. The van der Waals surface area contributed by atoms with Gasteiger partial charge in [-0.1, -0.05) is 24.3 Å². The molecule has 0 spiro atoms. The Morgan fingerprint density at radius 3 is 1.22 bits per heavy atom. The van der Waals surface area contributed by atoms with Crippen LogP contribution in [0.25, 0.3) is 12.2 Å². The van der Waals surface area contributed by atoms with Crippen molar-refractivity contribution in [3.8, 4) is 12.0 Å². The topological polar surface area (TPSA) is 295 Å². The molecule has 6 rings (SSSR count). The van der Waals surface area contributed by atoms with Gasteiger partial charge in [0.2, 0.25) is 23.8 Å². The third-order valence-electron chi connectivity index (χ3n) is 10.9. The van der Waals surface area contributed by atoms with E-state index in [0.717, 1.165) is 25.7 Å². The van der Waals surface area contributed by atoms with Gasteiger partial charge in [0, 0.05) is 59.8 Å². The van der Waals surface area contributed by atoms with Gasteiger partial charge < -0.3 is 50.8 Å². The van der Waals surface area contributed by atoms with Crippen LogP contribution in [0.5, 0.6) is 12.0 Å². The third kappa shape index (κ3) is 15.1. The Morgan fingerprint density at radius 1 is 0.559 bits per heavy atom. The Labute approximate surface area is 398 Å². The fourth-order valence-corrected chi connectivity index (χ4v) is 10.5. The Hall–Kier alpha value is -5.34. The lowest BCUT2D eigenvalue weighted by atomic mass is 9.79. The maximum Gasteiger partial charge on any atom is 0.323 e. The molecule has 0 aliphatic carbocycles. The predicted octanol–water partition coefficient (Wildman–Crippen LogP) is 5.70. The molecule has 372 valence electrons. The Kier molecular flexibility index (Phi) is 15.9. The number of methoxy groups -OCH3 is 2. The van der Waals surface area contributed by atoms with E-state index in [1.54, 1.807) is 0 Å². The minimum absolute atomic E-state index is 0.00675. The number of hydrogen-bond donors (Lipinski definition) is 8. The van der Waals surface area contributed by atoms with Crippen LogP contribution in [0.1, 0.15) is 92.2 Å². The molecule has 2 aromatic carbocycles. The van der Waals surface area contributed by atoms with E-state index in [0.29, 0.717) is 0 Å². The van der Waals surface area contributed by atoms with Crippen molar-refractivity contribution in [2.75, 3.05) is 61.9 Å². The van der Waals surface area contributed by atoms with Crippen molar-refractivity contribution in [1.29, 1.82) is 0 Å². The molecule has 24 heteroatoms. The fraction of sp³-hybridized carbons (Fsp3) is 0.545. The van der Waals surface area contributed by atoms with Crippen molar-refractivity contribution in [2.45, 2.75) is 125 Å². The molecule has 2 aliphatic heterocycles. The smallest absolute Gasteiger partial charge is 0.323 e. The number of aromatic nitrogens is 6. The molecule has 4 aromatic rings. The van der Waals surface area contributed by atoms with E-state index >= 15 is 0 Å². The van der Waals surface area contributed by atoms with Crippen molar-refractivity contribution >= 4 is 67.6 Å². The van der Waals surface area contributed by atoms with Crippen molar-refractivity contribution in [3.05, 3.63) is 47.5 Å². The summed E-state index contributed by atoms with van der Waals surface area (Å²) in [7, 11) is -6.66. The first-order valence-electron chi connectivity index (χ1n) is 22.0. The lowest BCUT2D eigenvalue weighted by Crippen LogP contribution is -2.60. The van der Waals surface area contributed by atoms with Crippen LogP contribution in [0.3, 0.4) is 0 Å². The van der Waals surface area contributed by atoms with Crippen molar-refractivity contribution in [3.63, 3.8) is 0 Å². The SMILES string of the molecule is COCCOc1nc(Nc2ccc(/C=C/c3ccc(Nc4nc(NC5CC(C)(C)NC(C)(C)C5)nc(OCCOC)n4)cc3S(=O)(=O)O)c(S(=O)(=O)O)c2)nc(NC2CC(C)(C)NC(C)(C)C2)n1. The summed E-state index contributed by atoms with van der Waals surface area (Å²) in [5, 5.41) is 20.1. The molecule has 0 saturated carbocycles. The number of nitrogens with one attached hydrogen (secondary N) is 6. The third-order valence-corrected chi connectivity index (χ3v) is 12.7. The van der Waals surface area contributed by atoms with E-state index in [1.165, 1.54) is 62.8 Å². The summed E-state index contributed by atoms with van der Waals surface area (Å²) < 4.78 is 93.6. The molecule has 2 aromatic heterocycles. The van der Waals surface area contributed by atoms with Crippen molar-refractivity contribution in [2.24, 2.45) is 0 Å². The molecular formula is C44H64N12O10S2. The first-order valence-corrected chi connectivity index (χ1v) is 24.9. The summed E-state index contributed by atoms with van der Waals surface area (Å²) in [4.78, 5) is 25.7. The quantitative estimate of drug-likeness (QED) is 0.0299. The lowest BCUT2D eigenvalue weighted by Gasteiger charge is -2.46. The Balaban J connectivity index is 1.26. The first kappa shape index (κ1) is 52.0. The highest BCUT2D eigenvalue weighted by Crippen LogP contribution is 2.33. The minimum atomic E-state index is -4.86. The average molecular weight is 985 g/mol. The van der Waals surface area contributed by atoms with E-state index in [1.807, 2.05) is 0 Å². The van der Waals surface area contributed by atoms with Gasteiger partial charge in [-0.3, -0.25) is 9.11 Å². The molecule has 0 amide bonds. The number of nitrogens with zero attached hydrogens (tertiary/aromatic N) is 6. The predicted molar refractivity (Wildman–Crippen MR) is 258 cm³/mol. The maximum atomic E-state index is 12.8. The summed E-state index contributed by atoms with van der Waals surface area (Å²) in [6, 6.07) is 8.13. The highest BCUT2D eigenvalue weighted by atomic mass is 32.2. The molecule has 8 N–H and O–H groups in total. The molecule has 2 fully saturated rings. The standard InChI is InChI=1S/C44H64N12O10S2/c1-41(2)23-31(24-42(3,4)55-41)47-37-49-35(51-39(53-37)65-19-17-63-9)45-29-15-13-27(33(21-29)67(57,58)59)11-12-28-14-16-30(22-34(28)68(60,61)62)46-36-50-38(54-40(52-36)66-20-18-64-10)48-32-25-43(5,6)56-44(7,8)26-32/h11-16,21-22,31-32,55-56H,17-20,23-26H2,1-10H3,(H,57,58,59)(H,60,61,62)(H2,45,47,49,51,53)(H2,46,48,50,52,54)/b12-11+. The van der Waals surface area contributed by atoms with Gasteiger partial charge in [0.1, 0.15) is 23.0 Å². The molecule has 68 heavy (non-hydrogen) atoms. The van der Waals surface area contributed by atoms with Gasteiger partial charge in [0.05, 0.1) is 13.2 Å². The number of benzene rings is 2. The van der Waals surface area contributed by atoms with Gasteiger partial charge in [0.15, 0.2) is 0 Å². The highest BCUT2D eigenvalue weighted by molar-refractivity contribution is 7.86. The van der Waals surface area contributed by atoms with Gasteiger partial charge in [0.25, 0.3) is 20.2 Å². The molecule has 0 unspecified atom stereocenters. The number of rotatable bonds is 20. The molecular weight excluding hydrogens is 921 g/mol. The summed E-state index contributed by atoms with van der Waals surface area (Å²) in [5.41, 5.74) is -0.342. The molecule has 0 atom stereocenters. The van der Waals surface area contributed by atoms with Crippen LogP contribution in [0.4, 0.5) is 35.2 Å². The number of hydrogen-bond acceptors (Lipinski definition) is 20. The second-order valence-electron chi connectivity index (χ2n) is 19.5. The van der Waals surface area contributed by atoms with Crippen LogP contribution in [0, 0.1) is 0 Å². The normalized spacial score (nSPS) is 18.2. The van der Waals surface area contributed by atoms with E-state index < -0.39 is 30.0 Å². The van der Waals surface area contributed by atoms with Gasteiger partial charge in [-0.05, 0) is 116 Å². The second-order valence-corrected chi connectivity index (χ2v) is 22.3. The zero-order valence-electron chi connectivity index (χ0n) is 40.1. The van der Waals surface area contributed by atoms with Crippen molar-refractivity contribution in [1.82, 2.24) is 40.5 Å². The van der Waals surface area contributed by atoms with E-state index in [4.69, 9.17) is 18.9 Å². The molecule has 0 bridgehead atoms. The first-order chi connectivity index (χ1) is 31.7. The average Bonchev–Trinajstić information content (AvgIpc) is 3.17. The van der Waals surface area contributed by atoms with E-state index in [-0.39, 0.29) is 119 Å². The van der Waals surface area contributed by atoms with Gasteiger partial charge in [-0.15, -0.1) is 0 Å². The van der Waals surface area contributed by atoms with Crippen LogP contribution in [-0.2, 0) is 29.7 Å².